The summed E-state index contributed by atoms with van der Waals surface area (Å²) in [5, 5.41) is 11.0. The van der Waals surface area contributed by atoms with Gasteiger partial charge in [0.15, 0.2) is 5.66 Å². The quantitative estimate of drug-likeness (QED) is 0.638. The van der Waals surface area contributed by atoms with Crippen molar-refractivity contribution in [3.05, 3.63) is 102 Å². The van der Waals surface area contributed by atoms with E-state index < -0.39 is 5.66 Å². The third-order valence-electron chi connectivity index (χ3n) is 5.42. The maximum Gasteiger partial charge on any atom is 0.177 e. The highest BCUT2D eigenvalue weighted by Gasteiger charge is 2.47. The van der Waals surface area contributed by atoms with Gasteiger partial charge in [0.1, 0.15) is 6.54 Å². The topological polar surface area (TPSA) is 31.2 Å². The number of para-hydroxylation sites is 2. The minimum Gasteiger partial charge on any atom is -0.345 e. The lowest BCUT2D eigenvalue weighted by atomic mass is 9.87. The Morgan fingerprint density at radius 1 is 0.815 bits per heavy atom. The molecule has 27 heavy (non-hydrogen) atoms. The molecule has 3 aromatic carbocycles. The number of likely N-dealkylation sites (N-methyl/N-ethyl adjacent to an activating group) is 1. The highest BCUT2D eigenvalue weighted by molar-refractivity contribution is 5.91. The normalized spacial score (nSPS) is 20.7. The summed E-state index contributed by atoms with van der Waals surface area (Å²) in [6, 6.07) is 29.4. The lowest BCUT2D eigenvalue weighted by molar-refractivity contribution is 0.527. The van der Waals surface area contributed by atoms with Crippen LogP contribution in [0, 0.1) is 0 Å². The third-order valence-corrected chi connectivity index (χ3v) is 5.42. The second-order valence-corrected chi connectivity index (χ2v) is 6.92. The van der Waals surface area contributed by atoms with Gasteiger partial charge in [-0.15, -0.1) is 0 Å². The Kier molecular flexibility index (Phi) is 3.57. The van der Waals surface area contributed by atoms with E-state index in [0.717, 1.165) is 5.69 Å². The molecule has 4 heteroatoms. The fourth-order valence-electron chi connectivity index (χ4n) is 4.01. The molecule has 0 aromatic heterocycles. The molecule has 3 aromatic rings. The van der Waals surface area contributed by atoms with E-state index in [1.807, 2.05) is 23.2 Å². The Morgan fingerprint density at radius 3 is 2.26 bits per heavy atom. The molecule has 0 N–H and O–H groups in total. The Balaban J connectivity index is 1.73. The van der Waals surface area contributed by atoms with E-state index in [0.29, 0.717) is 6.54 Å². The molecule has 5 rings (SSSR count). The van der Waals surface area contributed by atoms with Gasteiger partial charge >= 0.3 is 0 Å². The smallest absolute Gasteiger partial charge is 0.177 e. The number of benzene rings is 3. The molecule has 2 aliphatic heterocycles. The van der Waals surface area contributed by atoms with Crippen LogP contribution in [0.5, 0.6) is 0 Å². The van der Waals surface area contributed by atoms with Crippen LogP contribution in [-0.4, -0.2) is 19.3 Å². The van der Waals surface area contributed by atoms with Crippen LogP contribution in [-0.2, 0) is 0 Å². The van der Waals surface area contributed by atoms with Crippen LogP contribution in [0.3, 0.4) is 0 Å². The van der Waals surface area contributed by atoms with E-state index in [-0.39, 0.29) is 0 Å². The van der Waals surface area contributed by atoms with Gasteiger partial charge in [0, 0.05) is 18.3 Å². The van der Waals surface area contributed by atoms with Crippen molar-refractivity contribution in [2.24, 2.45) is 10.3 Å². The largest absolute Gasteiger partial charge is 0.345 e. The van der Waals surface area contributed by atoms with Crippen molar-refractivity contribution in [1.82, 2.24) is 0 Å². The summed E-state index contributed by atoms with van der Waals surface area (Å²) in [5.74, 6) is 0. The summed E-state index contributed by atoms with van der Waals surface area (Å²) in [4.78, 5) is 2.29. The predicted octanol–water partition coefficient (Wildman–Crippen LogP) is 5.15. The summed E-state index contributed by atoms with van der Waals surface area (Å²) in [6.07, 6.45) is 2.32. The van der Waals surface area contributed by atoms with E-state index >= 15 is 0 Å². The number of hydrogen-bond donors (Lipinski definition) is 0. The van der Waals surface area contributed by atoms with E-state index in [9.17, 15) is 0 Å². The van der Waals surface area contributed by atoms with Gasteiger partial charge < -0.3 is 4.90 Å². The summed E-state index contributed by atoms with van der Waals surface area (Å²) in [7, 11) is 2.13. The van der Waals surface area contributed by atoms with Crippen molar-refractivity contribution in [2.45, 2.75) is 5.66 Å². The third kappa shape index (κ3) is 2.37. The van der Waals surface area contributed by atoms with Crippen LogP contribution in [0.4, 0.5) is 11.4 Å². The zero-order chi connectivity index (χ0) is 18.3. The number of anilines is 2. The first kappa shape index (κ1) is 15.8. The summed E-state index contributed by atoms with van der Waals surface area (Å²) < 4.78 is 0. The maximum absolute atomic E-state index is 4.51. The molecular formula is C23H20N4. The molecule has 2 heterocycles. The molecule has 1 atom stereocenters. The zero-order valence-corrected chi connectivity index (χ0v) is 15.2. The van der Waals surface area contributed by atoms with Crippen molar-refractivity contribution < 1.29 is 0 Å². The van der Waals surface area contributed by atoms with E-state index in [1.165, 1.54) is 22.4 Å². The van der Waals surface area contributed by atoms with Gasteiger partial charge in [-0.3, -0.25) is 0 Å². The first-order chi connectivity index (χ1) is 13.3. The van der Waals surface area contributed by atoms with E-state index in [1.54, 1.807) is 0 Å². The Hall–Kier alpha value is -3.40. The van der Waals surface area contributed by atoms with Crippen molar-refractivity contribution in [3.63, 3.8) is 0 Å². The van der Waals surface area contributed by atoms with E-state index in [2.05, 4.69) is 95.1 Å². The molecule has 132 valence electrons. The van der Waals surface area contributed by atoms with Crippen LogP contribution in [0.1, 0.15) is 11.1 Å². The minimum atomic E-state index is -0.457. The van der Waals surface area contributed by atoms with Gasteiger partial charge in [-0.2, -0.15) is 5.11 Å². The van der Waals surface area contributed by atoms with Gasteiger partial charge in [0.25, 0.3) is 0 Å². The highest BCUT2D eigenvalue weighted by atomic mass is 15.7. The Bertz CT molecular complexity index is 1030. The number of hydrogen-bond acceptors (Lipinski definition) is 4. The molecular weight excluding hydrogens is 332 g/mol. The predicted molar refractivity (Wildman–Crippen MR) is 110 cm³/mol. The summed E-state index contributed by atoms with van der Waals surface area (Å²) >= 11 is 0. The number of rotatable bonds is 2. The molecule has 0 aliphatic carbocycles. The lowest BCUT2D eigenvalue weighted by Crippen LogP contribution is -2.58. The highest BCUT2D eigenvalue weighted by Crippen LogP contribution is 2.45. The first-order valence-electron chi connectivity index (χ1n) is 9.14. The van der Waals surface area contributed by atoms with Crippen molar-refractivity contribution in [2.75, 3.05) is 23.5 Å². The summed E-state index contributed by atoms with van der Waals surface area (Å²) in [6.45, 7) is 0.586. The number of fused-ring (bicyclic) bond motifs is 1. The van der Waals surface area contributed by atoms with Gasteiger partial charge in [-0.1, -0.05) is 72.0 Å². The molecule has 0 saturated carbocycles. The van der Waals surface area contributed by atoms with Gasteiger partial charge in [0.2, 0.25) is 0 Å². The SMILES string of the molecule is CN1c2ccccc2C(c2ccccc2)=CC12CN=NN2c1ccccc1. The van der Waals surface area contributed by atoms with Crippen LogP contribution in [0.2, 0.25) is 0 Å². The molecule has 0 radical (unpaired) electrons. The van der Waals surface area contributed by atoms with Gasteiger partial charge in [-0.25, -0.2) is 5.01 Å². The lowest BCUT2D eigenvalue weighted by Gasteiger charge is -2.46. The van der Waals surface area contributed by atoms with Crippen molar-refractivity contribution in [1.29, 1.82) is 0 Å². The Labute approximate surface area is 159 Å². The zero-order valence-electron chi connectivity index (χ0n) is 15.2. The van der Waals surface area contributed by atoms with Crippen LogP contribution in [0.25, 0.3) is 5.57 Å². The molecule has 1 spiro atoms. The average molecular weight is 352 g/mol. The molecule has 0 bridgehead atoms. The molecule has 0 amide bonds. The molecule has 4 nitrogen and oxygen atoms in total. The Morgan fingerprint density at radius 2 is 1.48 bits per heavy atom. The van der Waals surface area contributed by atoms with Crippen molar-refractivity contribution in [3.8, 4) is 0 Å². The molecule has 1 unspecified atom stereocenters. The second kappa shape index (κ2) is 6.09. The maximum atomic E-state index is 4.51. The molecule has 2 aliphatic rings. The van der Waals surface area contributed by atoms with Crippen molar-refractivity contribution >= 4 is 16.9 Å². The van der Waals surface area contributed by atoms with Crippen LogP contribution < -0.4 is 9.91 Å². The summed E-state index contributed by atoms with van der Waals surface area (Å²) in [5.41, 5.74) is 5.42. The van der Waals surface area contributed by atoms with Crippen LogP contribution >= 0.6 is 0 Å². The van der Waals surface area contributed by atoms with E-state index in [4.69, 9.17) is 0 Å². The monoisotopic (exact) mass is 352 g/mol. The fourth-order valence-corrected chi connectivity index (χ4v) is 4.01. The first-order valence-corrected chi connectivity index (χ1v) is 9.14. The van der Waals surface area contributed by atoms with Crippen LogP contribution in [0.15, 0.2) is 101 Å². The molecule has 0 fully saturated rings. The minimum absolute atomic E-state index is 0.457. The van der Waals surface area contributed by atoms with Gasteiger partial charge in [0.05, 0.1) is 5.69 Å². The standard InChI is InChI=1S/C23H20N4/c1-26-22-15-9-8-14-20(22)21(18-10-4-2-5-11-18)16-23(26)17-24-25-27(23)19-12-6-3-7-13-19/h2-16H,17H2,1H3. The average Bonchev–Trinajstić information content (AvgIpc) is 3.16. The molecule has 0 saturated heterocycles. The number of nitrogens with zero attached hydrogens (tertiary/aromatic N) is 4. The second-order valence-electron chi connectivity index (χ2n) is 6.92. The fraction of sp³-hybridized carbons (Fsp3) is 0.130. The van der Waals surface area contributed by atoms with Gasteiger partial charge in [-0.05, 0) is 35.4 Å².